The molecule has 2 aromatic heterocycles. The fourth-order valence-electron chi connectivity index (χ4n) is 3.52. The predicted molar refractivity (Wildman–Crippen MR) is 135 cm³/mol. The van der Waals surface area contributed by atoms with Gasteiger partial charge >= 0.3 is 0 Å². The van der Waals surface area contributed by atoms with Crippen LogP contribution in [0.5, 0.6) is 0 Å². The Morgan fingerprint density at radius 3 is 2.78 bits per heavy atom. The first-order valence-electron chi connectivity index (χ1n) is 10.5. The van der Waals surface area contributed by atoms with Gasteiger partial charge in [-0.05, 0) is 73.5 Å². The van der Waals surface area contributed by atoms with E-state index in [1.807, 2.05) is 46.1 Å². The van der Waals surface area contributed by atoms with Crippen molar-refractivity contribution in [2.75, 3.05) is 17.2 Å². The Labute approximate surface area is 201 Å². The number of fused-ring (bicyclic) bond motifs is 1. The van der Waals surface area contributed by atoms with Crippen LogP contribution in [-0.4, -0.2) is 33.0 Å². The largest absolute Gasteiger partial charge is 0.286 e. The molecule has 32 heavy (non-hydrogen) atoms. The van der Waals surface area contributed by atoms with E-state index in [1.54, 1.807) is 29.3 Å². The molecule has 5 nitrogen and oxygen atoms in total. The molecule has 0 N–H and O–H groups in total. The number of thiazole rings is 1. The van der Waals surface area contributed by atoms with Crippen LogP contribution < -0.4 is 4.90 Å². The molecule has 2 heterocycles. The smallest absolute Gasteiger partial charge is 0.228 e. The summed E-state index contributed by atoms with van der Waals surface area (Å²) in [5.41, 5.74) is 3.32. The lowest BCUT2D eigenvalue weighted by Crippen LogP contribution is -2.34. The highest BCUT2D eigenvalue weighted by Gasteiger charge is 2.20. The van der Waals surface area contributed by atoms with Crippen LogP contribution in [0.15, 0.2) is 59.8 Å². The number of hydrogen-bond donors (Lipinski definition) is 0. The molecular formula is C24H25ClN4OS2. The van der Waals surface area contributed by atoms with Crippen molar-refractivity contribution < 1.29 is 4.79 Å². The number of carbonyl (C=O) groups is 1. The second kappa shape index (κ2) is 10.5. The number of rotatable bonds is 9. The highest BCUT2D eigenvalue weighted by Crippen LogP contribution is 2.32. The molecular weight excluding hydrogens is 460 g/mol. The maximum Gasteiger partial charge on any atom is 0.228 e. The fourth-order valence-corrected chi connectivity index (χ4v) is 5.68. The molecule has 0 bridgehead atoms. The molecule has 0 aliphatic rings. The molecule has 1 amide bonds. The van der Waals surface area contributed by atoms with Gasteiger partial charge in [0, 0.05) is 35.3 Å². The summed E-state index contributed by atoms with van der Waals surface area (Å²) in [5, 5.41) is 5.77. The zero-order chi connectivity index (χ0) is 22.5. The number of nitrogens with zero attached hydrogens (tertiary/aromatic N) is 4. The normalized spacial score (nSPS) is 11.2. The van der Waals surface area contributed by atoms with Gasteiger partial charge in [0.1, 0.15) is 0 Å². The minimum Gasteiger partial charge on any atom is -0.286 e. The average Bonchev–Trinajstić information content (AvgIpc) is 3.43. The van der Waals surface area contributed by atoms with E-state index in [-0.39, 0.29) is 5.91 Å². The number of halogens is 1. The SMILES string of the molecule is Cc1cc(C)c2nc(N(CCn3cccn3)C(=O)CCCSc3ccc(Cl)cc3)sc2c1. The molecule has 2 aromatic carbocycles. The van der Waals surface area contributed by atoms with Gasteiger partial charge in [-0.2, -0.15) is 5.10 Å². The zero-order valence-corrected chi connectivity index (χ0v) is 20.5. The number of thioether (sulfide) groups is 1. The minimum atomic E-state index is 0.0993. The second-order valence-electron chi connectivity index (χ2n) is 7.65. The van der Waals surface area contributed by atoms with Crippen LogP contribution >= 0.6 is 34.7 Å². The Morgan fingerprint density at radius 1 is 1.22 bits per heavy atom. The quantitative estimate of drug-likeness (QED) is 0.204. The van der Waals surface area contributed by atoms with Gasteiger partial charge in [0.05, 0.1) is 16.8 Å². The van der Waals surface area contributed by atoms with E-state index in [0.717, 1.165) is 43.0 Å². The number of aryl methyl sites for hydroxylation is 2. The standard InChI is InChI=1S/C24H25ClN4OS2/c1-17-15-18(2)23-21(16-17)32-24(27-23)29(13-12-28-11-4-10-26-28)22(30)5-3-14-31-20-8-6-19(25)7-9-20/h4,6-11,15-16H,3,5,12-14H2,1-2H3. The van der Waals surface area contributed by atoms with Gasteiger partial charge in [0.15, 0.2) is 5.13 Å². The van der Waals surface area contributed by atoms with Crippen molar-refractivity contribution in [1.82, 2.24) is 14.8 Å². The molecule has 4 rings (SSSR count). The molecule has 4 aromatic rings. The van der Waals surface area contributed by atoms with E-state index in [2.05, 4.69) is 31.1 Å². The van der Waals surface area contributed by atoms with Gasteiger partial charge in [-0.25, -0.2) is 4.98 Å². The maximum absolute atomic E-state index is 13.2. The number of hydrogen-bond acceptors (Lipinski definition) is 5. The Hall–Kier alpha value is -2.35. The van der Waals surface area contributed by atoms with E-state index >= 15 is 0 Å². The number of anilines is 1. The third-order valence-corrected chi connectivity index (χ3v) is 7.46. The highest BCUT2D eigenvalue weighted by atomic mass is 35.5. The summed E-state index contributed by atoms with van der Waals surface area (Å²) < 4.78 is 2.96. The van der Waals surface area contributed by atoms with Crippen LogP contribution in [0.4, 0.5) is 5.13 Å². The van der Waals surface area contributed by atoms with Crippen LogP contribution in [0.3, 0.4) is 0 Å². The van der Waals surface area contributed by atoms with Crippen molar-refractivity contribution in [2.45, 2.75) is 38.1 Å². The molecule has 0 atom stereocenters. The van der Waals surface area contributed by atoms with Crippen molar-refractivity contribution in [2.24, 2.45) is 0 Å². The van der Waals surface area contributed by atoms with Gasteiger partial charge in [-0.3, -0.25) is 14.4 Å². The lowest BCUT2D eigenvalue weighted by Gasteiger charge is -2.20. The first-order valence-corrected chi connectivity index (χ1v) is 12.7. The number of amides is 1. The molecule has 0 radical (unpaired) electrons. The molecule has 0 aliphatic carbocycles. The zero-order valence-electron chi connectivity index (χ0n) is 18.1. The van der Waals surface area contributed by atoms with E-state index in [1.165, 1.54) is 5.56 Å². The number of aromatic nitrogens is 3. The van der Waals surface area contributed by atoms with Crippen molar-refractivity contribution in [3.63, 3.8) is 0 Å². The third-order valence-electron chi connectivity index (χ3n) is 5.08. The van der Waals surface area contributed by atoms with Gasteiger partial charge < -0.3 is 0 Å². The lowest BCUT2D eigenvalue weighted by atomic mass is 10.1. The van der Waals surface area contributed by atoms with Crippen LogP contribution in [0.2, 0.25) is 5.02 Å². The van der Waals surface area contributed by atoms with E-state index in [0.29, 0.717) is 19.5 Å². The fraction of sp³-hybridized carbons (Fsp3) is 0.292. The first kappa shape index (κ1) is 22.8. The monoisotopic (exact) mass is 484 g/mol. The van der Waals surface area contributed by atoms with Crippen molar-refractivity contribution in [3.8, 4) is 0 Å². The molecule has 0 aliphatic heterocycles. The summed E-state index contributed by atoms with van der Waals surface area (Å²) in [6, 6.07) is 14.0. The van der Waals surface area contributed by atoms with Gasteiger partial charge in [-0.15, -0.1) is 11.8 Å². The predicted octanol–water partition coefficient (Wildman–Crippen LogP) is 6.37. The number of carbonyl (C=O) groups excluding carboxylic acids is 1. The third kappa shape index (κ3) is 5.71. The molecule has 0 fully saturated rings. The highest BCUT2D eigenvalue weighted by molar-refractivity contribution is 7.99. The topological polar surface area (TPSA) is 51.0 Å². The van der Waals surface area contributed by atoms with Crippen molar-refractivity contribution >= 4 is 56.0 Å². The molecule has 8 heteroatoms. The average molecular weight is 485 g/mol. The molecule has 166 valence electrons. The van der Waals surface area contributed by atoms with E-state index in [4.69, 9.17) is 16.6 Å². The summed E-state index contributed by atoms with van der Waals surface area (Å²) >= 11 is 9.28. The Kier molecular flexibility index (Phi) is 7.50. The maximum atomic E-state index is 13.2. The Morgan fingerprint density at radius 2 is 2.03 bits per heavy atom. The van der Waals surface area contributed by atoms with Gasteiger partial charge in [-0.1, -0.05) is 29.0 Å². The number of benzene rings is 2. The summed E-state index contributed by atoms with van der Waals surface area (Å²) in [5.74, 6) is 0.973. The summed E-state index contributed by atoms with van der Waals surface area (Å²) in [7, 11) is 0. The second-order valence-corrected chi connectivity index (χ2v) is 10.3. The summed E-state index contributed by atoms with van der Waals surface area (Å²) in [4.78, 5) is 21.0. The first-order chi connectivity index (χ1) is 15.5. The summed E-state index contributed by atoms with van der Waals surface area (Å²) in [6.45, 7) is 5.34. The van der Waals surface area contributed by atoms with E-state index < -0.39 is 0 Å². The molecule has 0 saturated heterocycles. The Balaban J connectivity index is 1.45. The van der Waals surface area contributed by atoms with Crippen molar-refractivity contribution in [1.29, 1.82) is 0 Å². The van der Waals surface area contributed by atoms with Crippen LogP contribution in [-0.2, 0) is 11.3 Å². The van der Waals surface area contributed by atoms with Crippen LogP contribution in [0.1, 0.15) is 24.0 Å². The lowest BCUT2D eigenvalue weighted by molar-refractivity contribution is -0.118. The van der Waals surface area contributed by atoms with Gasteiger partial charge in [0.2, 0.25) is 5.91 Å². The van der Waals surface area contributed by atoms with E-state index in [9.17, 15) is 4.79 Å². The van der Waals surface area contributed by atoms with Crippen molar-refractivity contribution in [3.05, 3.63) is 71.0 Å². The summed E-state index contributed by atoms with van der Waals surface area (Å²) in [6.07, 6.45) is 4.95. The molecule has 0 saturated carbocycles. The molecule has 0 unspecified atom stereocenters. The Bertz CT molecular complexity index is 1190. The van der Waals surface area contributed by atoms with Gasteiger partial charge in [0.25, 0.3) is 0 Å². The van der Waals surface area contributed by atoms with Crippen LogP contribution in [0.25, 0.3) is 10.2 Å². The molecule has 0 spiro atoms. The van der Waals surface area contributed by atoms with Crippen LogP contribution in [0, 0.1) is 13.8 Å². The minimum absolute atomic E-state index is 0.0993.